The first-order valence-corrected chi connectivity index (χ1v) is 6.13. The molecule has 0 spiro atoms. The Bertz CT molecular complexity index is 270. The Labute approximate surface area is 99.2 Å². The van der Waals surface area contributed by atoms with Gasteiger partial charge in [0.05, 0.1) is 12.2 Å². The van der Waals surface area contributed by atoms with Crippen LogP contribution < -0.4 is 5.32 Å². The fraction of sp³-hybridized carbons (Fsp3) is 0.923. The van der Waals surface area contributed by atoms with Gasteiger partial charge in [0.15, 0.2) is 0 Å². The Morgan fingerprint density at radius 2 is 2.25 bits per heavy atom. The van der Waals surface area contributed by atoms with Crippen molar-refractivity contribution in [3.63, 3.8) is 0 Å². The minimum Gasteiger partial charge on any atom is -0.377 e. The Morgan fingerprint density at radius 1 is 1.56 bits per heavy atom. The fourth-order valence-electron chi connectivity index (χ4n) is 1.99. The molecule has 0 amide bonds. The molecule has 2 atom stereocenters. The van der Waals surface area contributed by atoms with Gasteiger partial charge >= 0.3 is 0 Å². The topological polar surface area (TPSA) is 45.0 Å². The van der Waals surface area contributed by atoms with Crippen LogP contribution in [0.2, 0.25) is 0 Å². The SMILES string of the molecule is CC1OCCC1(C)NCC(C)(C)CCC#N. The third-order valence-corrected chi connectivity index (χ3v) is 3.77. The molecule has 3 heteroatoms. The van der Waals surface area contributed by atoms with E-state index >= 15 is 0 Å². The number of nitriles is 1. The molecular formula is C13H24N2O. The first kappa shape index (κ1) is 13.5. The highest BCUT2D eigenvalue weighted by atomic mass is 16.5. The predicted molar refractivity (Wildman–Crippen MR) is 65.1 cm³/mol. The van der Waals surface area contributed by atoms with E-state index in [1.807, 2.05) is 0 Å². The monoisotopic (exact) mass is 224 g/mol. The lowest BCUT2D eigenvalue weighted by atomic mass is 9.85. The molecule has 92 valence electrons. The van der Waals surface area contributed by atoms with E-state index in [2.05, 4.69) is 39.1 Å². The standard InChI is InChI=1S/C13H24N2O/c1-11-13(4,7-9-16-11)15-10-12(2,3)6-5-8-14/h11,15H,5-7,9-10H2,1-4H3. The number of hydrogen-bond donors (Lipinski definition) is 1. The zero-order chi connectivity index (χ0) is 12.2. The number of rotatable bonds is 5. The molecule has 0 aromatic rings. The summed E-state index contributed by atoms with van der Waals surface area (Å²) in [5.74, 6) is 0. The van der Waals surface area contributed by atoms with Crippen molar-refractivity contribution in [2.45, 2.75) is 58.6 Å². The van der Waals surface area contributed by atoms with Crippen LogP contribution in [0.3, 0.4) is 0 Å². The van der Waals surface area contributed by atoms with Crippen LogP contribution in [-0.2, 0) is 4.74 Å². The Balaban J connectivity index is 2.41. The molecule has 1 fully saturated rings. The highest BCUT2D eigenvalue weighted by molar-refractivity contribution is 4.95. The number of nitrogens with zero attached hydrogens (tertiary/aromatic N) is 1. The maximum Gasteiger partial charge on any atom is 0.0726 e. The first-order valence-electron chi connectivity index (χ1n) is 6.13. The second-order valence-corrected chi connectivity index (χ2v) is 5.86. The Morgan fingerprint density at radius 3 is 2.75 bits per heavy atom. The van der Waals surface area contributed by atoms with Crippen LogP contribution in [0.1, 0.15) is 47.0 Å². The maximum atomic E-state index is 8.61. The van der Waals surface area contributed by atoms with E-state index in [0.29, 0.717) is 6.42 Å². The Kier molecular flexibility index (Phi) is 4.35. The molecule has 1 aliphatic rings. The van der Waals surface area contributed by atoms with E-state index in [1.54, 1.807) is 0 Å². The highest BCUT2D eigenvalue weighted by Crippen LogP contribution is 2.28. The van der Waals surface area contributed by atoms with Crippen molar-refractivity contribution < 1.29 is 4.74 Å². The lowest BCUT2D eigenvalue weighted by molar-refractivity contribution is 0.0841. The van der Waals surface area contributed by atoms with E-state index in [1.165, 1.54) is 0 Å². The first-order chi connectivity index (χ1) is 7.40. The summed E-state index contributed by atoms with van der Waals surface area (Å²) in [6, 6.07) is 2.22. The van der Waals surface area contributed by atoms with E-state index in [4.69, 9.17) is 10.00 Å². The summed E-state index contributed by atoms with van der Waals surface area (Å²) in [5, 5.41) is 12.2. The smallest absolute Gasteiger partial charge is 0.0726 e. The van der Waals surface area contributed by atoms with Gasteiger partial charge in [-0.15, -0.1) is 0 Å². The fourth-order valence-corrected chi connectivity index (χ4v) is 1.99. The normalized spacial score (nSPS) is 30.3. The lowest BCUT2D eigenvalue weighted by Crippen LogP contribution is -2.50. The van der Waals surface area contributed by atoms with Crippen LogP contribution in [0, 0.1) is 16.7 Å². The second kappa shape index (κ2) is 5.16. The molecule has 0 aromatic carbocycles. The van der Waals surface area contributed by atoms with E-state index < -0.39 is 0 Å². The zero-order valence-corrected chi connectivity index (χ0v) is 11.0. The summed E-state index contributed by atoms with van der Waals surface area (Å²) < 4.78 is 5.60. The molecule has 16 heavy (non-hydrogen) atoms. The molecule has 3 nitrogen and oxygen atoms in total. The molecule has 1 heterocycles. The van der Waals surface area contributed by atoms with Crippen LogP contribution in [0.15, 0.2) is 0 Å². The number of hydrogen-bond acceptors (Lipinski definition) is 3. The van der Waals surface area contributed by atoms with Crippen molar-refractivity contribution in [2.24, 2.45) is 5.41 Å². The summed E-state index contributed by atoms with van der Waals surface area (Å²) in [5.41, 5.74) is 0.283. The third-order valence-electron chi connectivity index (χ3n) is 3.77. The van der Waals surface area contributed by atoms with Crippen molar-refractivity contribution in [3.8, 4) is 6.07 Å². The molecule has 1 rings (SSSR count). The van der Waals surface area contributed by atoms with Crippen molar-refractivity contribution in [3.05, 3.63) is 0 Å². The summed E-state index contributed by atoms with van der Waals surface area (Å²) in [4.78, 5) is 0. The van der Waals surface area contributed by atoms with Gasteiger partial charge in [-0.25, -0.2) is 0 Å². The molecule has 1 aliphatic heterocycles. The van der Waals surface area contributed by atoms with Gasteiger partial charge in [-0.3, -0.25) is 0 Å². The summed E-state index contributed by atoms with van der Waals surface area (Å²) in [7, 11) is 0. The zero-order valence-electron chi connectivity index (χ0n) is 11.0. The van der Waals surface area contributed by atoms with Crippen LogP contribution in [-0.4, -0.2) is 24.8 Å². The van der Waals surface area contributed by atoms with Gasteiger partial charge in [-0.2, -0.15) is 5.26 Å². The maximum absolute atomic E-state index is 8.61. The molecule has 0 bridgehead atoms. The van der Waals surface area contributed by atoms with Gasteiger partial charge in [0, 0.05) is 25.1 Å². The number of ether oxygens (including phenoxy) is 1. The predicted octanol–water partition coefficient (Wildman–Crippen LogP) is 2.47. The average Bonchev–Trinajstić information content (AvgIpc) is 2.55. The second-order valence-electron chi connectivity index (χ2n) is 5.86. The van der Waals surface area contributed by atoms with Gasteiger partial charge in [-0.05, 0) is 32.1 Å². The van der Waals surface area contributed by atoms with Gasteiger partial charge in [-0.1, -0.05) is 13.8 Å². The summed E-state index contributed by atoms with van der Waals surface area (Å²) in [6.45, 7) is 10.6. The van der Waals surface area contributed by atoms with Crippen molar-refractivity contribution in [1.82, 2.24) is 5.32 Å². The van der Waals surface area contributed by atoms with Gasteiger partial charge in [0.2, 0.25) is 0 Å². The van der Waals surface area contributed by atoms with Gasteiger partial charge in [0.25, 0.3) is 0 Å². The number of nitrogens with one attached hydrogen (secondary N) is 1. The highest BCUT2D eigenvalue weighted by Gasteiger charge is 2.37. The van der Waals surface area contributed by atoms with Crippen LogP contribution in [0.5, 0.6) is 0 Å². The lowest BCUT2D eigenvalue weighted by Gasteiger charge is -2.34. The van der Waals surface area contributed by atoms with E-state index in [9.17, 15) is 0 Å². The van der Waals surface area contributed by atoms with Crippen molar-refractivity contribution >= 4 is 0 Å². The molecule has 2 unspecified atom stereocenters. The molecule has 1 saturated heterocycles. The summed E-state index contributed by atoms with van der Waals surface area (Å²) in [6.07, 6.45) is 2.93. The quantitative estimate of drug-likeness (QED) is 0.780. The molecule has 0 radical (unpaired) electrons. The minimum atomic E-state index is 0.101. The Hall–Kier alpha value is -0.590. The molecule has 0 aliphatic carbocycles. The van der Waals surface area contributed by atoms with Crippen LogP contribution in [0.25, 0.3) is 0 Å². The van der Waals surface area contributed by atoms with Crippen molar-refractivity contribution in [2.75, 3.05) is 13.2 Å². The third kappa shape index (κ3) is 3.47. The van der Waals surface area contributed by atoms with Crippen LogP contribution >= 0.6 is 0 Å². The largest absolute Gasteiger partial charge is 0.377 e. The van der Waals surface area contributed by atoms with E-state index in [0.717, 1.165) is 26.0 Å². The molecule has 0 aromatic heterocycles. The van der Waals surface area contributed by atoms with E-state index in [-0.39, 0.29) is 17.1 Å². The molecule has 1 N–H and O–H groups in total. The minimum absolute atomic E-state index is 0.101. The average molecular weight is 224 g/mol. The van der Waals surface area contributed by atoms with Crippen LogP contribution in [0.4, 0.5) is 0 Å². The van der Waals surface area contributed by atoms with Crippen molar-refractivity contribution in [1.29, 1.82) is 5.26 Å². The summed E-state index contributed by atoms with van der Waals surface area (Å²) >= 11 is 0. The van der Waals surface area contributed by atoms with Gasteiger partial charge < -0.3 is 10.1 Å². The molecular weight excluding hydrogens is 200 g/mol. The van der Waals surface area contributed by atoms with Gasteiger partial charge in [0.1, 0.15) is 0 Å². The molecule has 0 saturated carbocycles.